The van der Waals surface area contributed by atoms with E-state index in [4.69, 9.17) is 9.72 Å². The number of hydrogen-bond donors (Lipinski definition) is 2. The van der Waals surface area contributed by atoms with Crippen LogP contribution >= 0.6 is 0 Å². The quantitative estimate of drug-likeness (QED) is 0.635. The van der Waals surface area contributed by atoms with Crippen molar-refractivity contribution in [1.82, 2.24) is 30.3 Å². The zero-order valence-corrected chi connectivity index (χ0v) is 18.2. The van der Waals surface area contributed by atoms with Crippen LogP contribution in [0, 0.1) is 5.41 Å². The van der Waals surface area contributed by atoms with Crippen LogP contribution in [-0.2, 0) is 11.3 Å². The number of H-pyrrole nitrogens is 1. The van der Waals surface area contributed by atoms with E-state index in [9.17, 15) is 4.79 Å². The first-order valence-corrected chi connectivity index (χ1v) is 11.4. The summed E-state index contributed by atoms with van der Waals surface area (Å²) in [5.41, 5.74) is 1.36. The first-order chi connectivity index (χ1) is 15.2. The van der Waals surface area contributed by atoms with Crippen LogP contribution in [0.3, 0.4) is 0 Å². The molecule has 1 atom stereocenters. The lowest BCUT2D eigenvalue weighted by Gasteiger charge is -2.50. The molecule has 3 heterocycles. The molecule has 3 aliphatic rings. The van der Waals surface area contributed by atoms with E-state index in [-0.39, 0.29) is 17.4 Å². The van der Waals surface area contributed by atoms with Gasteiger partial charge in [-0.05, 0) is 24.8 Å². The maximum atomic E-state index is 12.6. The normalized spacial score (nSPS) is 22.6. The molecule has 2 N–H and O–H groups in total. The molecule has 166 valence electrons. The Morgan fingerprint density at radius 3 is 2.81 bits per heavy atom. The fourth-order valence-corrected chi connectivity index (χ4v) is 5.08. The first-order valence-electron chi connectivity index (χ1n) is 11.4. The lowest BCUT2D eigenvalue weighted by atomic mass is 9.71. The van der Waals surface area contributed by atoms with Crippen LogP contribution < -0.4 is 5.32 Å². The van der Waals surface area contributed by atoms with Gasteiger partial charge in [0.1, 0.15) is 5.82 Å². The second kappa shape index (κ2) is 8.59. The lowest BCUT2D eigenvalue weighted by molar-refractivity contribution is 0.0249. The van der Waals surface area contributed by atoms with Crippen molar-refractivity contribution in [3.05, 3.63) is 47.5 Å². The predicted molar refractivity (Wildman–Crippen MR) is 117 cm³/mol. The monoisotopic (exact) mass is 424 g/mol. The highest BCUT2D eigenvalue weighted by Gasteiger charge is 2.57. The first kappa shape index (κ1) is 20.5. The molecule has 2 aromatic rings. The van der Waals surface area contributed by atoms with E-state index in [2.05, 4.69) is 50.7 Å². The third-order valence-corrected chi connectivity index (χ3v) is 6.86. The Morgan fingerprint density at radius 1 is 1.26 bits per heavy atom. The molecular formula is C23H32N6O2. The molecule has 1 unspecified atom stereocenters. The van der Waals surface area contributed by atoms with Gasteiger partial charge in [0.15, 0.2) is 5.82 Å². The summed E-state index contributed by atoms with van der Waals surface area (Å²) in [6, 6.07) is 10.6. The Hall–Kier alpha value is -2.45. The van der Waals surface area contributed by atoms with Gasteiger partial charge in [0.2, 0.25) is 0 Å². The van der Waals surface area contributed by atoms with Gasteiger partial charge in [-0.25, -0.2) is 9.78 Å². The number of nitrogens with zero attached hydrogens (tertiary/aromatic N) is 4. The summed E-state index contributed by atoms with van der Waals surface area (Å²) >= 11 is 0. The molecule has 1 spiro atoms. The number of amides is 2. The van der Waals surface area contributed by atoms with E-state index >= 15 is 0 Å². The van der Waals surface area contributed by atoms with Gasteiger partial charge in [0.25, 0.3) is 0 Å². The van der Waals surface area contributed by atoms with Crippen molar-refractivity contribution in [3.8, 4) is 0 Å². The zero-order valence-electron chi connectivity index (χ0n) is 18.2. The Kier molecular flexibility index (Phi) is 5.67. The number of urea groups is 1. The Balaban J connectivity index is 1.27. The SMILES string of the molecule is COCCCNC(=O)N1CC2(CN(Cc3ccccc3)CC2c2nc(C3CC3)n[nH]2)C1. The van der Waals surface area contributed by atoms with E-state index in [0.717, 1.165) is 50.8 Å². The number of benzene rings is 1. The summed E-state index contributed by atoms with van der Waals surface area (Å²) in [4.78, 5) is 21.9. The summed E-state index contributed by atoms with van der Waals surface area (Å²) in [5.74, 6) is 2.78. The summed E-state index contributed by atoms with van der Waals surface area (Å²) in [6.45, 7) is 5.67. The van der Waals surface area contributed by atoms with Gasteiger partial charge in [0.05, 0.1) is 0 Å². The number of carbonyl (C=O) groups is 1. The highest BCUT2D eigenvalue weighted by atomic mass is 16.5. The molecule has 2 amide bonds. The van der Waals surface area contributed by atoms with Gasteiger partial charge in [-0.1, -0.05) is 30.3 Å². The summed E-state index contributed by atoms with van der Waals surface area (Å²) in [5, 5.41) is 10.8. The van der Waals surface area contributed by atoms with Crippen LogP contribution in [0.15, 0.2) is 30.3 Å². The minimum absolute atomic E-state index is 0.0261. The molecule has 8 heteroatoms. The third kappa shape index (κ3) is 4.32. The molecule has 2 saturated heterocycles. The van der Waals surface area contributed by atoms with Crippen molar-refractivity contribution < 1.29 is 9.53 Å². The van der Waals surface area contributed by atoms with Crippen molar-refractivity contribution in [2.75, 3.05) is 46.4 Å². The summed E-state index contributed by atoms with van der Waals surface area (Å²) in [7, 11) is 1.68. The third-order valence-electron chi connectivity index (χ3n) is 6.86. The second-order valence-corrected chi connectivity index (χ2v) is 9.36. The van der Waals surface area contributed by atoms with Crippen LogP contribution in [0.5, 0.6) is 0 Å². The van der Waals surface area contributed by atoms with Crippen molar-refractivity contribution >= 4 is 6.03 Å². The minimum atomic E-state index is 0.0261. The number of aromatic amines is 1. The van der Waals surface area contributed by atoms with Crippen molar-refractivity contribution in [2.24, 2.45) is 5.41 Å². The molecule has 1 aliphatic carbocycles. The fraction of sp³-hybridized carbons (Fsp3) is 0.609. The Bertz CT molecular complexity index is 890. The maximum absolute atomic E-state index is 12.6. The lowest BCUT2D eigenvalue weighted by Crippen LogP contribution is -2.63. The number of rotatable bonds is 8. The molecule has 31 heavy (non-hydrogen) atoms. The molecule has 1 aromatic carbocycles. The molecule has 1 aromatic heterocycles. The molecule has 8 nitrogen and oxygen atoms in total. The van der Waals surface area contributed by atoms with Gasteiger partial charge < -0.3 is 15.0 Å². The van der Waals surface area contributed by atoms with Crippen molar-refractivity contribution in [1.29, 1.82) is 0 Å². The van der Waals surface area contributed by atoms with Crippen molar-refractivity contribution in [2.45, 2.75) is 37.6 Å². The number of methoxy groups -OCH3 is 1. The fourth-order valence-electron chi connectivity index (χ4n) is 5.08. The van der Waals surface area contributed by atoms with Crippen LogP contribution in [0.2, 0.25) is 0 Å². The standard InChI is InChI=1S/C23H32N6O2/c1-31-11-5-10-24-22(30)29-15-23(16-29)14-28(12-17-6-3-2-4-7-17)13-19(23)21-25-20(26-27-21)18-8-9-18/h2-4,6-7,18-19H,5,8-16H2,1H3,(H,24,30)(H,25,26,27). The molecule has 0 bridgehead atoms. The van der Waals surface area contributed by atoms with Crippen molar-refractivity contribution in [3.63, 3.8) is 0 Å². The van der Waals surface area contributed by atoms with Gasteiger partial charge in [-0.3, -0.25) is 10.00 Å². The Labute approximate surface area is 183 Å². The average molecular weight is 425 g/mol. The molecule has 3 fully saturated rings. The maximum Gasteiger partial charge on any atom is 0.317 e. The number of carbonyl (C=O) groups excluding carboxylic acids is 1. The van der Waals surface area contributed by atoms with Gasteiger partial charge in [-0.15, -0.1) is 0 Å². The summed E-state index contributed by atoms with van der Waals surface area (Å²) < 4.78 is 5.06. The molecule has 0 radical (unpaired) electrons. The number of nitrogens with one attached hydrogen (secondary N) is 2. The molecule has 5 rings (SSSR count). The number of aromatic nitrogens is 3. The van der Waals surface area contributed by atoms with Gasteiger partial charge in [-0.2, -0.15) is 5.10 Å². The zero-order chi connectivity index (χ0) is 21.3. The average Bonchev–Trinajstić information content (AvgIpc) is 3.36. The van der Waals surface area contributed by atoms with E-state index in [0.29, 0.717) is 19.1 Å². The van der Waals surface area contributed by atoms with Crippen LogP contribution in [0.1, 0.15) is 48.3 Å². The van der Waals surface area contributed by atoms with Gasteiger partial charge >= 0.3 is 6.03 Å². The number of likely N-dealkylation sites (tertiary alicyclic amines) is 2. The highest BCUT2D eigenvalue weighted by molar-refractivity contribution is 5.75. The van der Waals surface area contributed by atoms with Gasteiger partial charge in [0, 0.05) is 70.2 Å². The topological polar surface area (TPSA) is 86.4 Å². The number of hydrogen-bond acceptors (Lipinski definition) is 5. The largest absolute Gasteiger partial charge is 0.385 e. The molecule has 1 saturated carbocycles. The van der Waals surface area contributed by atoms with E-state index in [1.165, 1.54) is 18.4 Å². The molecular weight excluding hydrogens is 392 g/mol. The second-order valence-electron chi connectivity index (χ2n) is 9.36. The van der Waals surface area contributed by atoms with Crippen LogP contribution in [-0.4, -0.2) is 77.5 Å². The Morgan fingerprint density at radius 2 is 2.06 bits per heavy atom. The van der Waals surface area contributed by atoms with E-state index < -0.39 is 0 Å². The number of ether oxygens (including phenoxy) is 1. The predicted octanol–water partition coefficient (Wildman–Crippen LogP) is 2.33. The minimum Gasteiger partial charge on any atom is -0.385 e. The van der Waals surface area contributed by atoms with E-state index in [1.807, 2.05) is 4.90 Å². The summed E-state index contributed by atoms with van der Waals surface area (Å²) in [6.07, 6.45) is 3.23. The molecule has 2 aliphatic heterocycles. The van der Waals surface area contributed by atoms with Crippen LogP contribution in [0.4, 0.5) is 4.79 Å². The highest BCUT2D eigenvalue weighted by Crippen LogP contribution is 2.49. The smallest absolute Gasteiger partial charge is 0.317 e. The van der Waals surface area contributed by atoms with Crippen LogP contribution in [0.25, 0.3) is 0 Å². The van der Waals surface area contributed by atoms with E-state index in [1.54, 1.807) is 7.11 Å².